The maximum atomic E-state index is 6.58. The highest BCUT2D eigenvalue weighted by Gasteiger charge is 2.35. The minimum Gasteiger partial charge on any atom is -0.486 e. The second kappa shape index (κ2) is 5.24. The molecule has 0 atom stereocenters. The average Bonchev–Trinajstić information content (AvgIpc) is 3.06. The third-order valence-corrected chi connectivity index (χ3v) is 4.43. The van der Waals surface area contributed by atoms with E-state index in [0.29, 0.717) is 13.2 Å². The molecule has 2 aliphatic rings. The maximum Gasteiger partial charge on any atom is 0.176 e. The molecule has 0 bridgehead atoms. The fraction of sp³-hybridized carbons (Fsp3) is 0.533. The summed E-state index contributed by atoms with van der Waals surface area (Å²) in [6.45, 7) is 1.13. The molecule has 116 valence electrons. The molecule has 1 aromatic carbocycles. The smallest absolute Gasteiger partial charge is 0.176 e. The van der Waals surface area contributed by atoms with E-state index in [1.807, 2.05) is 18.2 Å². The first-order valence-electron chi connectivity index (χ1n) is 7.74. The highest BCUT2D eigenvalue weighted by Crippen LogP contribution is 2.36. The van der Waals surface area contributed by atoms with Crippen LogP contribution in [0, 0.1) is 0 Å². The van der Waals surface area contributed by atoms with Gasteiger partial charge in [0.2, 0.25) is 0 Å². The van der Waals surface area contributed by atoms with E-state index in [1.165, 1.54) is 6.42 Å². The molecule has 7 heteroatoms. The minimum absolute atomic E-state index is 0.449. The van der Waals surface area contributed by atoms with Crippen molar-refractivity contribution in [1.29, 1.82) is 0 Å². The van der Waals surface area contributed by atoms with Gasteiger partial charge in [0.15, 0.2) is 17.3 Å². The molecule has 1 fully saturated rings. The predicted octanol–water partition coefficient (Wildman–Crippen LogP) is 1.55. The standard InChI is InChI=1S/C15H19N5O2/c16-15(6-2-1-3-7-15)14-17-18-19-20(14)11-4-5-12-13(10-11)22-9-8-21-12/h4-5,10H,1-3,6-9,16H2. The van der Waals surface area contributed by atoms with E-state index in [-0.39, 0.29) is 0 Å². The number of ether oxygens (including phenoxy) is 2. The molecule has 0 saturated heterocycles. The van der Waals surface area contributed by atoms with Crippen molar-refractivity contribution in [3.63, 3.8) is 0 Å². The number of rotatable bonds is 2. The zero-order valence-corrected chi connectivity index (χ0v) is 12.4. The summed E-state index contributed by atoms with van der Waals surface area (Å²) < 4.78 is 12.9. The number of hydrogen-bond donors (Lipinski definition) is 1. The molecular formula is C15H19N5O2. The van der Waals surface area contributed by atoms with Gasteiger partial charge < -0.3 is 15.2 Å². The first kappa shape index (κ1) is 13.5. The molecule has 0 unspecified atom stereocenters. The van der Waals surface area contributed by atoms with Gasteiger partial charge in [-0.15, -0.1) is 5.10 Å². The molecule has 0 spiro atoms. The average molecular weight is 301 g/mol. The molecule has 1 aliphatic carbocycles. The van der Waals surface area contributed by atoms with Crippen LogP contribution in [0.1, 0.15) is 37.9 Å². The van der Waals surface area contributed by atoms with Crippen molar-refractivity contribution >= 4 is 0 Å². The lowest BCUT2D eigenvalue weighted by molar-refractivity contribution is 0.171. The first-order chi connectivity index (χ1) is 10.8. The quantitative estimate of drug-likeness (QED) is 0.905. The molecular weight excluding hydrogens is 282 g/mol. The SMILES string of the molecule is NC1(c2nnnn2-c2ccc3c(c2)OCCO3)CCCCC1. The summed E-state index contributed by atoms with van der Waals surface area (Å²) in [6, 6.07) is 5.72. The Kier molecular flexibility index (Phi) is 3.22. The highest BCUT2D eigenvalue weighted by molar-refractivity contribution is 5.49. The molecule has 1 aromatic heterocycles. The second-order valence-corrected chi connectivity index (χ2v) is 5.96. The molecule has 7 nitrogen and oxygen atoms in total. The van der Waals surface area contributed by atoms with E-state index in [1.54, 1.807) is 4.68 Å². The van der Waals surface area contributed by atoms with E-state index in [9.17, 15) is 0 Å². The zero-order chi connectivity index (χ0) is 15.0. The van der Waals surface area contributed by atoms with Crippen LogP contribution in [-0.2, 0) is 5.54 Å². The molecule has 0 amide bonds. The van der Waals surface area contributed by atoms with E-state index < -0.39 is 5.54 Å². The predicted molar refractivity (Wildman–Crippen MR) is 79.1 cm³/mol. The third-order valence-electron chi connectivity index (χ3n) is 4.43. The Labute approximate surface area is 128 Å². The molecule has 4 rings (SSSR count). The van der Waals surface area contributed by atoms with Crippen LogP contribution in [0.2, 0.25) is 0 Å². The summed E-state index contributed by atoms with van der Waals surface area (Å²) in [4.78, 5) is 0. The lowest BCUT2D eigenvalue weighted by atomic mass is 9.82. The van der Waals surface area contributed by atoms with Gasteiger partial charge in [0.1, 0.15) is 13.2 Å². The maximum absolute atomic E-state index is 6.58. The van der Waals surface area contributed by atoms with Gasteiger partial charge in [0, 0.05) is 6.07 Å². The van der Waals surface area contributed by atoms with Crippen molar-refractivity contribution in [2.45, 2.75) is 37.6 Å². The lowest BCUT2D eigenvalue weighted by Gasteiger charge is -2.31. The van der Waals surface area contributed by atoms with Crippen LogP contribution in [0.3, 0.4) is 0 Å². The minimum atomic E-state index is -0.449. The molecule has 2 heterocycles. The zero-order valence-electron chi connectivity index (χ0n) is 12.4. The monoisotopic (exact) mass is 301 g/mol. The van der Waals surface area contributed by atoms with Crippen molar-refractivity contribution in [3.8, 4) is 17.2 Å². The van der Waals surface area contributed by atoms with E-state index >= 15 is 0 Å². The molecule has 1 saturated carbocycles. The lowest BCUT2D eigenvalue weighted by Crippen LogP contribution is -2.41. The van der Waals surface area contributed by atoms with Gasteiger partial charge in [-0.05, 0) is 35.4 Å². The summed E-state index contributed by atoms with van der Waals surface area (Å²) in [5.74, 6) is 2.20. The van der Waals surface area contributed by atoms with Crippen molar-refractivity contribution in [2.24, 2.45) is 5.73 Å². The normalized spacial score (nSPS) is 19.9. The summed E-state index contributed by atoms with van der Waals surface area (Å²) in [5, 5.41) is 12.2. The number of aromatic nitrogens is 4. The first-order valence-corrected chi connectivity index (χ1v) is 7.74. The van der Waals surface area contributed by atoms with Gasteiger partial charge in [-0.1, -0.05) is 19.3 Å². The molecule has 0 radical (unpaired) electrons. The topological polar surface area (TPSA) is 88.1 Å². The van der Waals surface area contributed by atoms with E-state index in [0.717, 1.165) is 48.7 Å². The van der Waals surface area contributed by atoms with Crippen molar-refractivity contribution in [3.05, 3.63) is 24.0 Å². The summed E-state index contributed by atoms with van der Waals surface area (Å²) in [7, 11) is 0. The van der Waals surface area contributed by atoms with Gasteiger partial charge in [-0.3, -0.25) is 0 Å². The van der Waals surface area contributed by atoms with Crippen LogP contribution in [0.5, 0.6) is 11.5 Å². The molecule has 22 heavy (non-hydrogen) atoms. The van der Waals surface area contributed by atoms with E-state index in [4.69, 9.17) is 15.2 Å². The summed E-state index contributed by atoms with van der Waals surface area (Å²) >= 11 is 0. The Morgan fingerprint density at radius 2 is 1.82 bits per heavy atom. The van der Waals surface area contributed by atoms with Crippen LogP contribution < -0.4 is 15.2 Å². The summed E-state index contributed by atoms with van der Waals surface area (Å²) in [5.41, 5.74) is 6.98. The largest absolute Gasteiger partial charge is 0.486 e. The summed E-state index contributed by atoms with van der Waals surface area (Å²) in [6.07, 6.45) is 5.29. The molecule has 2 aromatic rings. The number of hydrogen-bond acceptors (Lipinski definition) is 6. The van der Waals surface area contributed by atoms with Crippen molar-refractivity contribution < 1.29 is 9.47 Å². The third kappa shape index (κ3) is 2.21. The Morgan fingerprint density at radius 3 is 2.64 bits per heavy atom. The van der Waals surface area contributed by atoms with Crippen LogP contribution in [0.4, 0.5) is 0 Å². The molecule has 1 aliphatic heterocycles. The number of benzene rings is 1. The van der Waals surface area contributed by atoms with E-state index in [2.05, 4.69) is 15.5 Å². The Morgan fingerprint density at radius 1 is 1.05 bits per heavy atom. The van der Waals surface area contributed by atoms with Gasteiger partial charge in [-0.2, -0.15) is 4.68 Å². The number of nitrogens with two attached hydrogens (primary N) is 1. The Hall–Kier alpha value is -2.15. The number of tetrazole rings is 1. The van der Waals surface area contributed by atoms with Crippen LogP contribution >= 0.6 is 0 Å². The van der Waals surface area contributed by atoms with Crippen molar-refractivity contribution in [2.75, 3.05) is 13.2 Å². The van der Waals surface area contributed by atoms with Crippen LogP contribution in [0.25, 0.3) is 5.69 Å². The van der Waals surface area contributed by atoms with Crippen LogP contribution in [-0.4, -0.2) is 33.4 Å². The Bertz CT molecular complexity index is 678. The fourth-order valence-corrected chi connectivity index (χ4v) is 3.24. The van der Waals surface area contributed by atoms with Gasteiger partial charge >= 0.3 is 0 Å². The van der Waals surface area contributed by atoms with Crippen LogP contribution in [0.15, 0.2) is 18.2 Å². The second-order valence-electron chi connectivity index (χ2n) is 5.96. The highest BCUT2D eigenvalue weighted by atomic mass is 16.6. The van der Waals surface area contributed by atoms with Crippen molar-refractivity contribution in [1.82, 2.24) is 20.2 Å². The molecule has 2 N–H and O–H groups in total. The Balaban J connectivity index is 1.73. The number of fused-ring (bicyclic) bond motifs is 1. The van der Waals surface area contributed by atoms with Gasteiger partial charge in [0.25, 0.3) is 0 Å². The van der Waals surface area contributed by atoms with Gasteiger partial charge in [0.05, 0.1) is 11.2 Å². The number of nitrogens with zero attached hydrogens (tertiary/aromatic N) is 4. The fourth-order valence-electron chi connectivity index (χ4n) is 3.24. The van der Waals surface area contributed by atoms with Gasteiger partial charge in [-0.25, -0.2) is 0 Å².